The van der Waals surface area contributed by atoms with E-state index in [0.717, 1.165) is 27.0 Å². The molecule has 0 saturated carbocycles. The number of thiazole rings is 1. The highest BCUT2D eigenvalue weighted by atomic mass is 35.5. The molecule has 1 amide bonds. The van der Waals surface area contributed by atoms with Crippen LogP contribution in [-0.2, 0) is 16.0 Å². The Morgan fingerprint density at radius 1 is 1.28 bits per heavy atom. The molecular weight excluding hydrogens is 469 g/mol. The molecule has 10 heteroatoms. The van der Waals surface area contributed by atoms with Gasteiger partial charge in [-0.15, -0.1) is 0 Å². The summed E-state index contributed by atoms with van der Waals surface area (Å²) in [7, 11) is 0. The maximum Gasteiger partial charge on any atom is 0.254 e. The topological polar surface area (TPSA) is 84.6 Å². The number of halogens is 2. The molecule has 1 aromatic carbocycles. The quantitative estimate of drug-likeness (QED) is 0.574. The highest BCUT2D eigenvalue weighted by Crippen LogP contribution is 2.38. The highest BCUT2D eigenvalue weighted by Gasteiger charge is 2.38. The molecule has 5 rings (SSSR count). The summed E-state index contributed by atoms with van der Waals surface area (Å²) in [5.41, 5.74) is 9.68. The molecule has 1 saturated heterocycles. The zero-order valence-electron chi connectivity index (χ0n) is 17.7. The second kappa shape index (κ2) is 8.33. The van der Waals surface area contributed by atoms with Gasteiger partial charge in [0.15, 0.2) is 11.2 Å². The van der Waals surface area contributed by atoms with Crippen molar-refractivity contribution >= 4 is 61.5 Å². The molecule has 0 radical (unpaired) electrons. The van der Waals surface area contributed by atoms with Gasteiger partial charge in [-0.25, -0.2) is 4.98 Å². The summed E-state index contributed by atoms with van der Waals surface area (Å²) >= 11 is 14.1. The lowest BCUT2D eigenvalue weighted by Crippen LogP contribution is -2.55. The normalized spacial score (nSPS) is 23.4. The maximum absolute atomic E-state index is 13.6. The second-order valence-electron chi connectivity index (χ2n) is 8.30. The Bertz CT molecular complexity index is 1200. The number of hydrogen-bond acceptors (Lipinski definition) is 7. The zero-order valence-corrected chi connectivity index (χ0v) is 20.0. The number of nitrogens with two attached hydrogens (primary N) is 1. The molecular formula is C22H23Cl2N5O2S. The fourth-order valence-corrected chi connectivity index (χ4v) is 6.22. The Morgan fingerprint density at radius 3 is 2.91 bits per heavy atom. The molecule has 0 bridgehead atoms. The summed E-state index contributed by atoms with van der Waals surface area (Å²) in [6.07, 6.45) is 3.65. The van der Waals surface area contributed by atoms with Crippen LogP contribution in [0.25, 0.3) is 10.2 Å². The lowest BCUT2D eigenvalue weighted by molar-refractivity contribution is -0.148. The number of rotatable bonds is 2. The summed E-state index contributed by atoms with van der Waals surface area (Å²) in [5.74, 6) is -0.0324. The van der Waals surface area contributed by atoms with Crippen LogP contribution < -0.4 is 10.6 Å². The number of fused-ring (bicyclic) bond motifs is 2. The van der Waals surface area contributed by atoms with E-state index in [-0.39, 0.29) is 18.0 Å². The number of hydrogen-bond donors (Lipinski definition) is 1. The minimum absolute atomic E-state index is 0.0324. The van der Waals surface area contributed by atoms with Crippen LogP contribution in [-0.4, -0.2) is 52.6 Å². The number of carbonyl (C=O) groups is 1. The Hall–Kier alpha value is -2.13. The molecule has 0 spiro atoms. The van der Waals surface area contributed by atoms with Crippen LogP contribution >= 0.6 is 34.5 Å². The van der Waals surface area contributed by atoms with Gasteiger partial charge < -0.3 is 20.3 Å². The predicted octanol–water partition coefficient (Wildman–Crippen LogP) is 4.32. The number of pyridine rings is 1. The summed E-state index contributed by atoms with van der Waals surface area (Å²) in [6, 6.07) is 3.61. The molecule has 3 aromatic rings. The van der Waals surface area contributed by atoms with Crippen molar-refractivity contribution in [2.75, 3.05) is 30.3 Å². The first-order valence-corrected chi connectivity index (χ1v) is 12.1. The first-order chi connectivity index (χ1) is 15.3. The van der Waals surface area contributed by atoms with Gasteiger partial charge in [-0.05, 0) is 43.5 Å². The Morgan fingerprint density at radius 2 is 2.09 bits per heavy atom. The van der Waals surface area contributed by atoms with E-state index >= 15 is 0 Å². The van der Waals surface area contributed by atoms with Crippen LogP contribution in [0.4, 0.5) is 10.8 Å². The van der Waals surface area contributed by atoms with Crippen LogP contribution in [0.5, 0.6) is 0 Å². The summed E-state index contributed by atoms with van der Waals surface area (Å²) in [5, 5.41) is 1.71. The van der Waals surface area contributed by atoms with Crippen LogP contribution in [0.15, 0.2) is 24.5 Å². The van der Waals surface area contributed by atoms with Gasteiger partial charge >= 0.3 is 0 Å². The minimum Gasteiger partial charge on any atom is -0.375 e. The predicted molar refractivity (Wildman–Crippen MR) is 129 cm³/mol. The lowest BCUT2D eigenvalue weighted by Gasteiger charge is -2.42. The maximum atomic E-state index is 13.6. The Balaban J connectivity index is 1.41. The van der Waals surface area contributed by atoms with E-state index in [4.69, 9.17) is 33.7 Å². The first kappa shape index (κ1) is 21.7. The molecule has 0 aliphatic carbocycles. The number of benzene rings is 1. The molecule has 2 aromatic heterocycles. The van der Waals surface area contributed by atoms with E-state index in [0.29, 0.717) is 41.3 Å². The Labute approximate surface area is 200 Å². The van der Waals surface area contributed by atoms with E-state index in [2.05, 4.69) is 21.8 Å². The van der Waals surface area contributed by atoms with Gasteiger partial charge in [0.1, 0.15) is 5.52 Å². The third-order valence-electron chi connectivity index (χ3n) is 6.28. The molecule has 0 unspecified atom stereocenters. The van der Waals surface area contributed by atoms with Crippen molar-refractivity contribution in [2.24, 2.45) is 0 Å². The van der Waals surface area contributed by atoms with Crippen molar-refractivity contribution in [3.05, 3.63) is 45.7 Å². The number of carbonyl (C=O) groups excluding carboxylic acids is 1. The fourth-order valence-electron chi connectivity index (χ4n) is 4.69. The number of nitrogens with zero attached hydrogens (tertiary/aromatic N) is 4. The lowest BCUT2D eigenvalue weighted by atomic mass is 9.93. The summed E-state index contributed by atoms with van der Waals surface area (Å²) < 4.78 is 6.99. The summed E-state index contributed by atoms with van der Waals surface area (Å²) in [4.78, 5) is 26.3. The van der Waals surface area contributed by atoms with E-state index < -0.39 is 6.10 Å². The van der Waals surface area contributed by atoms with E-state index in [1.165, 1.54) is 11.3 Å². The summed E-state index contributed by atoms with van der Waals surface area (Å²) in [6.45, 7) is 5.55. The van der Waals surface area contributed by atoms with Gasteiger partial charge in [0, 0.05) is 22.6 Å². The molecule has 168 valence electrons. The molecule has 4 heterocycles. The van der Waals surface area contributed by atoms with Crippen molar-refractivity contribution in [3.8, 4) is 0 Å². The minimum atomic E-state index is -0.582. The largest absolute Gasteiger partial charge is 0.375 e. The average Bonchev–Trinajstić information content (AvgIpc) is 3.13. The third-order valence-corrected chi connectivity index (χ3v) is 7.74. The number of ether oxygens (including phenoxy) is 1. The van der Waals surface area contributed by atoms with Crippen molar-refractivity contribution in [1.29, 1.82) is 0 Å². The number of amides is 1. The smallest absolute Gasteiger partial charge is 0.254 e. The molecule has 3 atom stereocenters. The number of morpholine rings is 1. The van der Waals surface area contributed by atoms with Gasteiger partial charge in [-0.3, -0.25) is 9.78 Å². The van der Waals surface area contributed by atoms with Gasteiger partial charge in [-0.1, -0.05) is 34.5 Å². The van der Waals surface area contributed by atoms with E-state index in [1.807, 2.05) is 24.1 Å². The van der Waals surface area contributed by atoms with Crippen LogP contribution in [0.3, 0.4) is 0 Å². The van der Waals surface area contributed by atoms with E-state index in [1.54, 1.807) is 12.3 Å². The first-order valence-electron chi connectivity index (χ1n) is 10.5. The number of nitrogen functional groups attached to an aromatic ring is 1. The molecule has 2 N–H and O–H groups in total. The zero-order chi connectivity index (χ0) is 22.6. The van der Waals surface area contributed by atoms with Gasteiger partial charge in [-0.2, -0.15) is 0 Å². The van der Waals surface area contributed by atoms with Gasteiger partial charge in [0.2, 0.25) is 0 Å². The van der Waals surface area contributed by atoms with Gasteiger partial charge in [0.25, 0.3) is 5.91 Å². The Kier molecular flexibility index (Phi) is 5.65. The van der Waals surface area contributed by atoms with Crippen LogP contribution in [0, 0.1) is 0 Å². The molecule has 7 nitrogen and oxygen atoms in total. The monoisotopic (exact) mass is 491 g/mol. The molecule has 2 aliphatic rings. The fraction of sp³-hybridized carbons (Fsp3) is 0.409. The molecule has 32 heavy (non-hydrogen) atoms. The standard InChI is InChI=1S/C22H23Cl2N5O2S/c1-11-10-31-18(9-29(11)17-8-26-7-16-20(17)32-22(25)27-16)21(30)28-4-3-13-5-14(23)6-15(24)19(13)12(28)2/h5-8,11-12,18H,3-4,9-10H2,1-2H3,(H2,25,27)/t11-,12-,18+/m0/s1. The van der Waals surface area contributed by atoms with Crippen molar-refractivity contribution in [3.63, 3.8) is 0 Å². The number of aromatic nitrogens is 2. The second-order valence-corrected chi connectivity index (χ2v) is 10.2. The molecule has 2 aliphatic heterocycles. The van der Waals surface area contributed by atoms with E-state index in [9.17, 15) is 4.79 Å². The average molecular weight is 492 g/mol. The SMILES string of the molecule is C[C@H]1c2c(Cl)cc(Cl)cc2CCN1C(=O)[C@H]1CN(c2cncc3nc(N)sc23)[C@@H](C)CO1. The van der Waals surface area contributed by atoms with Crippen LogP contribution in [0.2, 0.25) is 10.0 Å². The number of anilines is 2. The van der Waals surface area contributed by atoms with Crippen molar-refractivity contribution in [2.45, 2.75) is 38.5 Å². The van der Waals surface area contributed by atoms with Crippen molar-refractivity contribution in [1.82, 2.24) is 14.9 Å². The molecule has 1 fully saturated rings. The van der Waals surface area contributed by atoms with Crippen LogP contribution in [0.1, 0.15) is 31.0 Å². The van der Waals surface area contributed by atoms with Crippen molar-refractivity contribution < 1.29 is 9.53 Å². The third kappa shape index (κ3) is 3.69. The highest BCUT2D eigenvalue weighted by molar-refractivity contribution is 7.22. The van der Waals surface area contributed by atoms with Gasteiger partial charge in [0.05, 0.1) is 42.0 Å².